The van der Waals surface area contributed by atoms with Crippen molar-refractivity contribution in [1.29, 1.82) is 0 Å². The number of nitrogen functional groups attached to an aromatic ring is 1. The number of H-pyrrole nitrogens is 1. The number of nitrogens with two attached hydrogens (primary N) is 1. The highest BCUT2D eigenvalue weighted by molar-refractivity contribution is 7.52. The van der Waals surface area contributed by atoms with Crippen molar-refractivity contribution in [1.82, 2.24) is 34.2 Å². The van der Waals surface area contributed by atoms with E-state index < -0.39 is 106 Å². The molecule has 0 aliphatic carbocycles. The molecule has 0 bridgehead atoms. The lowest BCUT2D eigenvalue weighted by molar-refractivity contribution is -0.149. The van der Waals surface area contributed by atoms with Gasteiger partial charge in [0.1, 0.15) is 41.5 Å². The number of aliphatic hydroxyl groups is 1. The molecule has 3 aliphatic rings. The van der Waals surface area contributed by atoms with Crippen LogP contribution in [0.1, 0.15) is 60.9 Å². The maximum absolute atomic E-state index is 16.8. The van der Waals surface area contributed by atoms with Crippen LogP contribution in [-0.2, 0) is 41.7 Å². The SMILES string of the molecule is CCOc1nc(N)nc2c1ncn2[C@@H]1O[C@@H]2COP(=O)(Oc3cccc(OP(=O)(N[C@@H](C)C(=O)OC(C)C)OC[C@@]4(C)O[C@@H](n5ccc(=O)[nH]c5=O)[C@](C)(F)[C@@H]4O)c3)O[C@H]2[C@@]1(C)F. The van der Waals surface area contributed by atoms with Gasteiger partial charge in [0.2, 0.25) is 11.8 Å². The molecular weight excluding hydrogens is 884 g/mol. The third-order valence-electron chi connectivity index (χ3n) is 10.2. The third kappa shape index (κ3) is 9.11. The fourth-order valence-corrected chi connectivity index (χ4v) is 10.3. The van der Waals surface area contributed by atoms with Gasteiger partial charge in [0.15, 0.2) is 35.0 Å². The number of aliphatic hydroxyl groups excluding tert-OH is 1. The monoisotopic (exact) mass is 930 g/mol. The Morgan fingerprint density at radius 3 is 2.56 bits per heavy atom. The van der Waals surface area contributed by atoms with E-state index in [0.29, 0.717) is 0 Å². The molecular formula is C36H46F2N8O15P2. The zero-order valence-corrected chi connectivity index (χ0v) is 36.6. The number of anilines is 1. The molecule has 0 radical (unpaired) electrons. The van der Waals surface area contributed by atoms with Crippen molar-refractivity contribution in [3.8, 4) is 17.4 Å². The van der Waals surface area contributed by atoms with Gasteiger partial charge in [-0.3, -0.25) is 37.3 Å². The number of nitrogens with zero attached hydrogens (tertiary/aromatic N) is 5. The lowest BCUT2D eigenvalue weighted by atomic mass is 9.90. The van der Waals surface area contributed by atoms with E-state index in [-0.39, 0.29) is 41.1 Å². The van der Waals surface area contributed by atoms with Crippen molar-refractivity contribution >= 4 is 38.7 Å². The number of rotatable bonds is 15. The predicted molar refractivity (Wildman–Crippen MR) is 213 cm³/mol. The number of imidazole rings is 1. The number of benzene rings is 1. The van der Waals surface area contributed by atoms with Crippen LogP contribution in [0.4, 0.5) is 14.7 Å². The summed E-state index contributed by atoms with van der Waals surface area (Å²) in [7, 11) is -9.44. The molecule has 11 atom stereocenters. The maximum Gasteiger partial charge on any atom is 0.530 e. The van der Waals surface area contributed by atoms with E-state index in [1.165, 1.54) is 49.9 Å². The van der Waals surface area contributed by atoms with Crippen LogP contribution in [0.3, 0.4) is 0 Å². The Morgan fingerprint density at radius 2 is 1.86 bits per heavy atom. The predicted octanol–water partition coefficient (Wildman–Crippen LogP) is 3.40. The lowest BCUT2D eigenvalue weighted by Crippen LogP contribution is -2.48. The van der Waals surface area contributed by atoms with E-state index in [2.05, 4.69) is 20.0 Å². The van der Waals surface area contributed by atoms with Gasteiger partial charge in [0.05, 0.1) is 32.3 Å². The smallest absolute Gasteiger partial charge is 0.476 e. The average molecular weight is 931 g/mol. The second kappa shape index (κ2) is 16.9. The van der Waals surface area contributed by atoms with Crippen molar-refractivity contribution in [2.45, 2.75) is 108 Å². The number of nitrogens with one attached hydrogen (secondary N) is 2. The highest BCUT2D eigenvalue weighted by atomic mass is 31.2. The molecule has 0 saturated carbocycles. The quantitative estimate of drug-likeness (QED) is 0.0981. The minimum Gasteiger partial charge on any atom is -0.476 e. The van der Waals surface area contributed by atoms with E-state index in [4.69, 9.17) is 47.3 Å². The number of hydrogen-bond acceptors (Lipinski definition) is 19. The molecule has 2 unspecified atom stereocenters. The summed E-state index contributed by atoms with van der Waals surface area (Å²) in [6.45, 7) is 8.47. The van der Waals surface area contributed by atoms with Gasteiger partial charge in [-0.15, -0.1) is 0 Å². The molecule has 3 aliphatic heterocycles. The van der Waals surface area contributed by atoms with Crippen LogP contribution in [0, 0.1) is 0 Å². The van der Waals surface area contributed by atoms with E-state index in [0.717, 1.165) is 29.8 Å². The molecule has 3 fully saturated rings. The van der Waals surface area contributed by atoms with E-state index >= 15 is 8.78 Å². The Morgan fingerprint density at radius 1 is 1.13 bits per heavy atom. The van der Waals surface area contributed by atoms with Gasteiger partial charge in [-0.05, 0) is 60.6 Å². The van der Waals surface area contributed by atoms with Crippen molar-refractivity contribution in [2.24, 2.45) is 0 Å². The van der Waals surface area contributed by atoms with Gasteiger partial charge in [-0.2, -0.15) is 15.1 Å². The van der Waals surface area contributed by atoms with Crippen LogP contribution in [0.2, 0.25) is 0 Å². The number of phosphoric acid groups is 1. The number of aromatic nitrogens is 6. The molecule has 0 spiro atoms. The molecule has 23 nitrogen and oxygen atoms in total. The normalized spacial score (nSPS) is 32.0. The molecule has 0 amide bonds. The van der Waals surface area contributed by atoms with Gasteiger partial charge in [-0.1, -0.05) is 6.07 Å². The zero-order chi connectivity index (χ0) is 45.9. The number of phosphoric ester groups is 1. The maximum atomic E-state index is 16.8. The summed E-state index contributed by atoms with van der Waals surface area (Å²) in [6, 6.07) is 4.63. The number of fused-ring (bicyclic) bond motifs is 2. The molecule has 4 aromatic rings. The first-order valence-corrected chi connectivity index (χ1v) is 22.5. The molecule has 3 aromatic heterocycles. The summed E-state index contributed by atoms with van der Waals surface area (Å²) in [4.78, 5) is 51.5. The Labute approximate surface area is 356 Å². The van der Waals surface area contributed by atoms with Crippen LogP contribution < -0.4 is 35.9 Å². The number of ether oxygens (including phenoxy) is 4. The minimum atomic E-state index is -4.80. The first kappa shape index (κ1) is 46.2. The highest BCUT2D eigenvalue weighted by Gasteiger charge is 2.63. The molecule has 63 heavy (non-hydrogen) atoms. The Hall–Kier alpha value is -4.84. The summed E-state index contributed by atoms with van der Waals surface area (Å²) in [6.07, 6.45) is -6.16. The lowest BCUT2D eigenvalue weighted by Gasteiger charge is -2.33. The van der Waals surface area contributed by atoms with Crippen LogP contribution in [0.15, 0.2) is 52.4 Å². The summed E-state index contributed by atoms with van der Waals surface area (Å²) in [5.74, 6) is -1.46. The highest BCUT2D eigenvalue weighted by Crippen LogP contribution is 2.60. The Kier molecular flexibility index (Phi) is 12.4. The van der Waals surface area contributed by atoms with Gasteiger partial charge >= 0.3 is 27.2 Å². The molecule has 5 N–H and O–H groups in total. The number of alkyl halides is 2. The standard InChI is InChI=1S/C36H46F2N8O15P2/c1-8-53-27-24-26(42-32(39)43-27)46(17-40-24)30-35(6,37)25-22(57-30)15-54-63(52,61-25)60-21-11-9-10-20(14-21)59-62(51,44-19(4)28(48)56-18(2)3)55-16-34(5)29(49)36(7,38)31(58-34)45-13-12-23(47)41-33(45)50/h9-14,17-19,22,25,29-31,49H,8,15-16H2,1-7H3,(H,44,51)(H2,39,42,43)(H,41,47,50)/t19-,22+,25+,29+,30+,31+,34+,35+,36+,62?,63?/m0/s1. The number of esters is 1. The number of hydrogen-bond donors (Lipinski definition) is 4. The molecule has 27 heteroatoms. The van der Waals surface area contributed by atoms with Crippen LogP contribution in [0.5, 0.6) is 17.4 Å². The second-order valence-electron chi connectivity index (χ2n) is 15.7. The minimum absolute atomic E-state index is 0.0805. The number of aromatic amines is 1. The number of halogens is 2. The Balaban J connectivity index is 1.09. The summed E-state index contributed by atoms with van der Waals surface area (Å²) in [5, 5.41) is 13.6. The van der Waals surface area contributed by atoms with Crippen molar-refractivity contribution in [2.75, 3.05) is 25.6 Å². The molecule has 3 saturated heterocycles. The summed E-state index contributed by atoms with van der Waals surface area (Å²) in [5.41, 5.74) is -2.71. The third-order valence-corrected chi connectivity index (χ3v) is 13.2. The van der Waals surface area contributed by atoms with Crippen LogP contribution in [-0.4, -0.2) is 107 Å². The first-order chi connectivity index (χ1) is 29.5. The second-order valence-corrected chi connectivity index (χ2v) is 18.9. The van der Waals surface area contributed by atoms with Crippen LogP contribution >= 0.6 is 15.6 Å². The number of carbonyl (C=O) groups is 1. The Bertz CT molecular complexity index is 2590. The fourth-order valence-electron chi connectivity index (χ4n) is 7.21. The van der Waals surface area contributed by atoms with Crippen molar-refractivity contribution < 1.29 is 69.4 Å². The van der Waals surface area contributed by atoms with Gasteiger partial charge in [0.25, 0.3) is 5.56 Å². The van der Waals surface area contributed by atoms with E-state index in [9.17, 15) is 28.6 Å². The van der Waals surface area contributed by atoms with Crippen molar-refractivity contribution in [3.05, 3.63) is 63.7 Å². The molecule has 7 rings (SSSR count). The van der Waals surface area contributed by atoms with Crippen LogP contribution in [0.25, 0.3) is 11.2 Å². The zero-order valence-electron chi connectivity index (χ0n) is 34.8. The topological polar surface area (TPSA) is 291 Å². The molecule has 1 aromatic carbocycles. The van der Waals surface area contributed by atoms with Gasteiger partial charge < -0.3 is 38.8 Å². The average Bonchev–Trinajstić information content (AvgIpc) is 3.77. The first-order valence-electron chi connectivity index (χ1n) is 19.5. The summed E-state index contributed by atoms with van der Waals surface area (Å²) >= 11 is 0. The molecule has 344 valence electrons. The molecule has 6 heterocycles. The van der Waals surface area contributed by atoms with Crippen molar-refractivity contribution in [3.63, 3.8) is 0 Å². The number of carbonyl (C=O) groups excluding carboxylic acids is 1. The van der Waals surface area contributed by atoms with E-state index in [1.807, 2.05) is 4.98 Å². The van der Waals surface area contributed by atoms with Gasteiger partial charge in [0, 0.05) is 18.3 Å². The van der Waals surface area contributed by atoms with Gasteiger partial charge in [-0.25, -0.2) is 27.7 Å². The fraction of sp³-hybridized carbons (Fsp3) is 0.556. The summed E-state index contributed by atoms with van der Waals surface area (Å²) < 4.78 is 114. The van der Waals surface area contributed by atoms with E-state index in [1.54, 1.807) is 20.8 Å². The largest absolute Gasteiger partial charge is 0.530 e.